The minimum atomic E-state index is -0.512. The van der Waals surface area contributed by atoms with Gasteiger partial charge >= 0.3 is 0 Å². The van der Waals surface area contributed by atoms with Crippen molar-refractivity contribution in [3.05, 3.63) is 39.9 Å². The summed E-state index contributed by atoms with van der Waals surface area (Å²) in [5.74, 6) is -0.298. The van der Waals surface area contributed by atoms with Crippen molar-refractivity contribution in [1.29, 1.82) is 0 Å². The molecule has 0 aromatic heterocycles. The van der Waals surface area contributed by atoms with Gasteiger partial charge in [-0.3, -0.25) is 14.9 Å². The van der Waals surface area contributed by atoms with Gasteiger partial charge in [-0.2, -0.15) is 0 Å². The largest absolute Gasteiger partial charge is 0.378 e. The van der Waals surface area contributed by atoms with Crippen molar-refractivity contribution in [3.63, 3.8) is 0 Å². The maximum absolute atomic E-state index is 11.7. The van der Waals surface area contributed by atoms with Gasteiger partial charge in [-0.25, -0.2) is 0 Å². The van der Waals surface area contributed by atoms with Gasteiger partial charge in [0.2, 0.25) is 0 Å². The quantitative estimate of drug-likeness (QED) is 0.365. The third kappa shape index (κ3) is 6.80. The molecule has 0 heterocycles. The van der Waals surface area contributed by atoms with E-state index in [0.29, 0.717) is 45.1 Å². The molecule has 8 nitrogen and oxygen atoms in total. The van der Waals surface area contributed by atoms with E-state index in [-0.39, 0.29) is 11.6 Å². The molecule has 0 spiro atoms. The van der Waals surface area contributed by atoms with Gasteiger partial charge in [-0.15, -0.1) is 0 Å². The Bertz CT molecular complexity index is 450. The van der Waals surface area contributed by atoms with Crippen LogP contribution in [-0.2, 0) is 9.47 Å². The summed E-state index contributed by atoms with van der Waals surface area (Å²) in [6.07, 6.45) is 0. The SMILES string of the molecule is NCCOCCOCCNC(=O)c1ccc([N+](=O)[O-])cc1. The Balaban J connectivity index is 2.17. The molecule has 116 valence electrons. The first-order valence-corrected chi connectivity index (χ1v) is 6.53. The van der Waals surface area contributed by atoms with Crippen LogP contribution in [0.5, 0.6) is 0 Å². The van der Waals surface area contributed by atoms with Crippen LogP contribution in [0, 0.1) is 10.1 Å². The molecule has 1 amide bonds. The molecule has 21 heavy (non-hydrogen) atoms. The van der Waals surface area contributed by atoms with E-state index < -0.39 is 4.92 Å². The number of nitro groups is 1. The molecule has 0 aliphatic carbocycles. The van der Waals surface area contributed by atoms with Crippen LogP contribution >= 0.6 is 0 Å². The van der Waals surface area contributed by atoms with Crippen LogP contribution in [0.1, 0.15) is 10.4 Å². The van der Waals surface area contributed by atoms with E-state index in [9.17, 15) is 14.9 Å². The smallest absolute Gasteiger partial charge is 0.269 e. The van der Waals surface area contributed by atoms with Crippen LogP contribution in [0.4, 0.5) is 5.69 Å². The average molecular weight is 297 g/mol. The van der Waals surface area contributed by atoms with E-state index in [1.54, 1.807) is 0 Å². The maximum Gasteiger partial charge on any atom is 0.269 e. The molecule has 0 atom stereocenters. The van der Waals surface area contributed by atoms with Gasteiger partial charge in [0, 0.05) is 30.8 Å². The summed E-state index contributed by atoms with van der Waals surface area (Å²) >= 11 is 0. The number of amides is 1. The van der Waals surface area contributed by atoms with Crippen LogP contribution in [-0.4, -0.2) is 50.3 Å². The van der Waals surface area contributed by atoms with Gasteiger partial charge in [-0.05, 0) is 12.1 Å². The first kappa shape index (κ1) is 17.0. The summed E-state index contributed by atoms with van der Waals surface area (Å²) in [6.45, 7) is 2.60. The second-order valence-electron chi connectivity index (χ2n) is 4.07. The van der Waals surface area contributed by atoms with Gasteiger partial charge in [0.05, 0.1) is 31.4 Å². The lowest BCUT2D eigenvalue weighted by atomic mass is 10.2. The highest BCUT2D eigenvalue weighted by molar-refractivity contribution is 5.94. The standard InChI is InChI=1S/C13H19N3O5/c14-5-7-20-9-10-21-8-6-15-13(17)11-1-3-12(4-2-11)16(18)19/h1-4H,5-10,14H2,(H,15,17). The summed E-state index contributed by atoms with van der Waals surface area (Å²) in [6, 6.07) is 5.41. The van der Waals surface area contributed by atoms with Gasteiger partial charge in [0.1, 0.15) is 0 Å². The van der Waals surface area contributed by atoms with Crippen molar-refractivity contribution in [2.45, 2.75) is 0 Å². The number of nitro benzene ring substituents is 1. The van der Waals surface area contributed by atoms with Crippen LogP contribution in [0.15, 0.2) is 24.3 Å². The zero-order valence-electron chi connectivity index (χ0n) is 11.6. The second kappa shape index (κ2) is 9.81. The van der Waals surface area contributed by atoms with Crippen molar-refractivity contribution < 1.29 is 19.2 Å². The predicted molar refractivity (Wildman–Crippen MR) is 76.1 cm³/mol. The predicted octanol–water partition coefficient (Wildman–Crippen LogP) is 0.317. The van der Waals surface area contributed by atoms with Crippen molar-refractivity contribution in [2.75, 3.05) is 39.5 Å². The Morgan fingerprint density at radius 1 is 1.14 bits per heavy atom. The Hall–Kier alpha value is -2.03. The number of hydrogen-bond acceptors (Lipinski definition) is 6. The molecule has 0 saturated carbocycles. The average Bonchev–Trinajstić information content (AvgIpc) is 2.49. The number of carbonyl (C=O) groups is 1. The van der Waals surface area contributed by atoms with E-state index in [0.717, 1.165) is 0 Å². The molecule has 1 aromatic rings. The lowest BCUT2D eigenvalue weighted by Gasteiger charge is -2.07. The Labute approximate surface area is 122 Å². The molecule has 1 aromatic carbocycles. The van der Waals surface area contributed by atoms with Crippen LogP contribution in [0.25, 0.3) is 0 Å². The summed E-state index contributed by atoms with van der Waals surface area (Å²) in [5, 5.41) is 13.1. The number of hydrogen-bond donors (Lipinski definition) is 2. The molecular formula is C13H19N3O5. The highest BCUT2D eigenvalue weighted by Gasteiger charge is 2.08. The minimum absolute atomic E-state index is 0.0487. The zero-order valence-corrected chi connectivity index (χ0v) is 11.6. The first-order valence-electron chi connectivity index (χ1n) is 6.53. The zero-order chi connectivity index (χ0) is 15.5. The molecule has 0 saturated heterocycles. The summed E-state index contributed by atoms with van der Waals surface area (Å²) in [7, 11) is 0. The highest BCUT2D eigenvalue weighted by Crippen LogP contribution is 2.11. The molecular weight excluding hydrogens is 278 g/mol. The molecule has 0 unspecified atom stereocenters. The normalized spacial score (nSPS) is 10.3. The molecule has 0 radical (unpaired) electrons. The van der Waals surface area contributed by atoms with E-state index in [1.165, 1.54) is 24.3 Å². The molecule has 0 aliphatic heterocycles. The minimum Gasteiger partial charge on any atom is -0.378 e. The van der Waals surface area contributed by atoms with E-state index >= 15 is 0 Å². The molecule has 0 aliphatic rings. The number of rotatable bonds is 10. The van der Waals surface area contributed by atoms with Crippen molar-refractivity contribution in [2.24, 2.45) is 5.73 Å². The second-order valence-corrected chi connectivity index (χ2v) is 4.07. The number of nitrogens with two attached hydrogens (primary N) is 1. The van der Waals surface area contributed by atoms with Gasteiger partial charge in [-0.1, -0.05) is 0 Å². The third-order valence-corrected chi connectivity index (χ3v) is 2.51. The fraction of sp³-hybridized carbons (Fsp3) is 0.462. The third-order valence-electron chi connectivity index (χ3n) is 2.51. The number of nitrogens with zero attached hydrogens (tertiary/aromatic N) is 1. The fourth-order valence-electron chi connectivity index (χ4n) is 1.48. The lowest BCUT2D eigenvalue weighted by Crippen LogP contribution is -2.27. The number of benzene rings is 1. The fourth-order valence-corrected chi connectivity index (χ4v) is 1.48. The molecule has 8 heteroatoms. The molecule has 3 N–H and O–H groups in total. The topological polar surface area (TPSA) is 117 Å². The molecule has 1 rings (SSSR count). The van der Waals surface area contributed by atoms with Crippen LogP contribution in [0.3, 0.4) is 0 Å². The van der Waals surface area contributed by atoms with Gasteiger partial charge < -0.3 is 20.5 Å². The maximum atomic E-state index is 11.7. The lowest BCUT2D eigenvalue weighted by molar-refractivity contribution is -0.384. The Kier molecular flexibility index (Phi) is 7.95. The van der Waals surface area contributed by atoms with E-state index in [4.69, 9.17) is 15.2 Å². The van der Waals surface area contributed by atoms with Crippen molar-refractivity contribution in [1.82, 2.24) is 5.32 Å². The van der Waals surface area contributed by atoms with E-state index in [2.05, 4.69) is 5.32 Å². The number of carbonyl (C=O) groups excluding carboxylic acids is 1. The van der Waals surface area contributed by atoms with Crippen LogP contribution < -0.4 is 11.1 Å². The first-order chi connectivity index (χ1) is 10.1. The van der Waals surface area contributed by atoms with Crippen molar-refractivity contribution in [3.8, 4) is 0 Å². The van der Waals surface area contributed by atoms with Gasteiger partial charge in [0.15, 0.2) is 0 Å². The molecule has 0 bridgehead atoms. The molecule has 0 fully saturated rings. The van der Waals surface area contributed by atoms with Gasteiger partial charge in [0.25, 0.3) is 11.6 Å². The Morgan fingerprint density at radius 2 is 1.76 bits per heavy atom. The number of non-ortho nitro benzene ring substituents is 1. The van der Waals surface area contributed by atoms with Crippen LogP contribution in [0.2, 0.25) is 0 Å². The summed E-state index contributed by atoms with van der Waals surface area (Å²) in [5.41, 5.74) is 5.57. The van der Waals surface area contributed by atoms with Crippen molar-refractivity contribution >= 4 is 11.6 Å². The monoisotopic (exact) mass is 297 g/mol. The summed E-state index contributed by atoms with van der Waals surface area (Å²) < 4.78 is 10.4. The number of nitrogens with one attached hydrogen (secondary N) is 1. The number of ether oxygens (including phenoxy) is 2. The summed E-state index contributed by atoms with van der Waals surface area (Å²) in [4.78, 5) is 21.7. The highest BCUT2D eigenvalue weighted by atomic mass is 16.6. The Morgan fingerprint density at radius 3 is 2.33 bits per heavy atom. The van der Waals surface area contributed by atoms with E-state index in [1.807, 2.05) is 0 Å².